The van der Waals surface area contributed by atoms with E-state index in [1.54, 1.807) is 12.4 Å². The number of anilines is 1. The van der Waals surface area contributed by atoms with Gasteiger partial charge < -0.3 is 19.8 Å². The number of aliphatic hydroxyl groups is 2. The molecule has 2 heterocycles. The van der Waals surface area contributed by atoms with Crippen LogP contribution in [-0.2, 0) is 0 Å². The molecule has 0 spiro atoms. The number of hydrogen-bond donors (Lipinski definition) is 3. The summed E-state index contributed by atoms with van der Waals surface area (Å²) in [6, 6.07) is 3.98. The molecule has 0 saturated carbocycles. The summed E-state index contributed by atoms with van der Waals surface area (Å²) in [4.78, 5) is 10.9. The van der Waals surface area contributed by atoms with Gasteiger partial charge in [-0.2, -0.15) is 0 Å². The first-order chi connectivity index (χ1) is 15.5. The molecular weight excluding hydrogens is 428 g/mol. The summed E-state index contributed by atoms with van der Waals surface area (Å²) in [6.45, 7) is 7.30. The van der Waals surface area contributed by atoms with Crippen LogP contribution in [0.2, 0.25) is 5.02 Å². The minimum absolute atomic E-state index is 0.111. The van der Waals surface area contributed by atoms with Gasteiger partial charge in [-0.1, -0.05) is 11.6 Å². The molecule has 0 amide bonds. The molecule has 8 heteroatoms. The predicted octanol–water partition coefficient (Wildman–Crippen LogP) is 3.79. The summed E-state index contributed by atoms with van der Waals surface area (Å²) in [7, 11) is 0. The van der Waals surface area contributed by atoms with Crippen LogP contribution in [0.3, 0.4) is 0 Å². The van der Waals surface area contributed by atoms with E-state index < -0.39 is 6.23 Å². The molecule has 1 atom stereocenters. The molecule has 1 aliphatic heterocycles. The molecule has 176 valence electrons. The number of nitrogens with zero attached hydrogens (tertiary/aromatic N) is 3. The van der Waals surface area contributed by atoms with Gasteiger partial charge in [0.25, 0.3) is 0 Å². The van der Waals surface area contributed by atoms with E-state index >= 15 is 0 Å². The Hall–Kier alpha value is -1.93. The third-order valence-electron chi connectivity index (χ3n) is 6.04. The molecule has 0 bridgehead atoms. The number of aliphatic hydroxyl groups excluding tert-OH is 2. The maximum absolute atomic E-state index is 10.4. The standard InChI is InChI=1S/C24H35ClN4O3/c1-17-13-21(14-18(2)22(17)23(31)26-8-4-11-30)32-12-3-5-19-6-9-29(10-7-19)24-27-15-20(25)16-28-24/h13-16,19,23,26,30-31H,3-12H2,1-2H3. The minimum atomic E-state index is -0.736. The Labute approximate surface area is 195 Å². The third-order valence-corrected chi connectivity index (χ3v) is 6.24. The van der Waals surface area contributed by atoms with Crippen molar-refractivity contribution >= 4 is 17.5 Å². The SMILES string of the molecule is Cc1cc(OCCCC2CCN(c3ncc(Cl)cn3)CC2)cc(C)c1C(O)NCCCO. The number of aryl methyl sites for hydroxylation is 2. The lowest BCUT2D eigenvalue weighted by Gasteiger charge is -2.32. The maximum atomic E-state index is 10.4. The van der Waals surface area contributed by atoms with Crippen molar-refractivity contribution in [2.75, 3.05) is 37.7 Å². The molecule has 3 N–H and O–H groups in total. The zero-order valence-electron chi connectivity index (χ0n) is 19.1. The van der Waals surface area contributed by atoms with Crippen LogP contribution in [0, 0.1) is 19.8 Å². The van der Waals surface area contributed by atoms with Gasteiger partial charge >= 0.3 is 0 Å². The van der Waals surface area contributed by atoms with Crippen molar-refractivity contribution in [1.82, 2.24) is 15.3 Å². The maximum Gasteiger partial charge on any atom is 0.225 e. The normalized spacial score (nSPS) is 15.7. The Bertz CT molecular complexity index is 819. The first kappa shape index (κ1) is 24.7. The monoisotopic (exact) mass is 462 g/mol. The summed E-state index contributed by atoms with van der Waals surface area (Å²) in [5.41, 5.74) is 2.88. The van der Waals surface area contributed by atoms with Crippen molar-refractivity contribution in [2.45, 2.75) is 52.2 Å². The van der Waals surface area contributed by atoms with E-state index in [9.17, 15) is 5.11 Å². The molecule has 0 radical (unpaired) electrons. The number of rotatable bonds is 11. The lowest BCUT2D eigenvalue weighted by Crippen LogP contribution is -2.34. The van der Waals surface area contributed by atoms with Gasteiger partial charge in [0.05, 0.1) is 24.0 Å². The molecule has 7 nitrogen and oxygen atoms in total. The number of halogens is 1. The van der Waals surface area contributed by atoms with Crippen LogP contribution in [-0.4, -0.2) is 53.0 Å². The predicted molar refractivity (Wildman–Crippen MR) is 127 cm³/mol. The molecule has 3 rings (SSSR count). The van der Waals surface area contributed by atoms with Gasteiger partial charge in [0.2, 0.25) is 5.95 Å². The van der Waals surface area contributed by atoms with Crippen LogP contribution in [0.1, 0.15) is 55.0 Å². The molecule has 1 aliphatic rings. The number of aromatic nitrogens is 2. The topological polar surface area (TPSA) is 90.7 Å². The fourth-order valence-electron chi connectivity index (χ4n) is 4.32. The molecule has 1 fully saturated rings. The van der Waals surface area contributed by atoms with Crippen molar-refractivity contribution < 1.29 is 14.9 Å². The number of piperidine rings is 1. The first-order valence-corrected chi connectivity index (χ1v) is 11.8. The van der Waals surface area contributed by atoms with Crippen LogP contribution in [0.25, 0.3) is 0 Å². The van der Waals surface area contributed by atoms with E-state index in [-0.39, 0.29) is 6.61 Å². The fraction of sp³-hybridized carbons (Fsp3) is 0.583. The van der Waals surface area contributed by atoms with Crippen LogP contribution < -0.4 is 15.0 Å². The van der Waals surface area contributed by atoms with E-state index in [4.69, 9.17) is 21.4 Å². The van der Waals surface area contributed by atoms with Gasteiger partial charge in [-0.15, -0.1) is 0 Å². The molecular formula is C24H35ClN4O3. The summed E-state index contributed by atoms with van der Waals surface area (Å²) < 4.78 is 6.02. The van der Waals surface area contributed by atoms with Gasteiger partial charge in [0, 0.05) is 25.3 Å². The van der Waals surface area contributed by atoms with E-state index in [1.807, 2.05) is 26.0 Å². The van der Waals surface area contributed by atoms with Gasteiger partial charge in [-0.05, 0) is 81.7 Å². The van der Waals surface area contributed by atoms with Crippen LogP contribution >= 0.6 is 11.6 Å². The van der Waals surface area contributed by atoms with E-state index in [1.165, 1.54) is 0 Å². The lowest BCUT2D eigenvalue weighted by atomic mass is 9.92. The molecule has 1 aromatic heterocycles. The average molecular weight is 463 g/mol. The van der Waals surface area contributed by atoms with Gasteiger partial charge in [-0.25, -0.2) is 9.97 Å². The van der Waals surface area contributed by atoms with Crippen LogP contribution in [0.5, 0.6) is 5.75 Å². The smallest absolute Gasteiger partial charge is 0.225 e. The Morgan fingerprint density at radius 3 is 2.44 bits per heavy atom. The molecule has 1 unspecified atom stereocenters. The highest BCUT2D eigenvalue weighted by Gasteiger charge is 2.21. The van der Waals surface area contributed by atoms with E-state index in [0.29, 0.717) is 30.5 Å². The third kappa shape index (κ3) is 7.04. The van der Waals surface area contributed by atoms with Crippen molar-refractivity contribution in [3.8, 4) is 5.75 Å². The quantitative estimate of drug-likeness (QED) is 0.345. The van der Waals surface area contributed by atoms with Crippen LogP contribution in [0.4, 0.5) is 5.95 Å². The van der Waals surface area contributed by atoms with Gasteiger partial charge in [0.15, 0.2) is 0 Å². The Morgan fingerprint density at radius 2 is 1.81 bits per heavy atom. The fourth-order valence-corrected chi connectivity index (χ4v) is 4.42. The van der Waals surface area contributed by atoms with E-state index in [0.717, 1.165) is 67.2 Å². The Morgan fingerprint density at radius 1 is 1.16 bits per heavy atom. The minimum Gasteiger partial charge on any atom is -0.494 e. The zero-order chi connectivity index (χ0) is 22.9. The van der Waals surface area contributed by atoms with Gasteiger partial charge in [0.1, 0.15) is 12.0 Å². The second kappa shape index (κ2) is 12.3. The zero-order valence-corrected chi connectivity index (χ0v) is 19.8. The Balaban J connectivity index is 1.40. The summed E-state index contributed by atoms with van der Waals surface area (Å²) in [5, 5.41) is 22.9. The van der Waals surface area contributed by atoms with Crippen molar-refractivity contribution in [3.05, 3.63) is 46.2 Å². The highest BCUT2D eigenvalue weighted by atomic mass is 35.5. The molecule has 0 aliphatic carbocycles. The molecule has 32 heavy (non-hydrogen) atoms. The number of hydrogen-bond acceptors (Lipinski definition) is 7. The Kier molecular flexibility index (Phi) is 9.53. The molecule has 1 aromatic carbocycles. The highest BCUT2D eigenvalue weighted by Crippen LogP contribution is 2.27. The van der Waals surface area contributed by atoms with E-state index in [2.05, 4.69) is 20.2 Å². The molecule has 1 saturated heterocycles. The van der Waals surface area contributed by atoms with Crippen molar-refractivity contribution in [3.63, 3.8) is 0 Å². The van der Waals surface area contributed by atoms with Crippen molar-refractivity contribution in [2.24, 2.45) is 5.92 Å². The summed E-state index contributed by atoms with van der Waals surface area (Å²) in [5.74, 6) is 2.31. The summed E-state index contributed by atoms with van der Waals surface area (Å²) >= 11 is 5.87. The van der Waals surface area contributed by atoms with Crippen molar-refractivity contribution in [1.29, 1.82) is 0 Å². The first-order valence-electron chi connectivity index (χ1n) is 11.5. The summed E-state index contributed by atoms with van der Waals surface area (Å²) in [6.07, 6.45) is 7.63. The number of nitrogens with one attached hydrogen (secondary N) is 1. The lowest BCUT2D eigenvalue weighted by molar-refractivity contribution is 0.134. The largest absolute Gasteiger partial charge is 0.494 e. The average Bonchev–Trinajstić information content (AvgIpc) is 2.77. The van der Waals surface area contributed by atoms with Gasteiger partial charge in [-0.3, -0.25) is 5.32 Å². The van der Waals surface area contributed by atoms with Crippen LogP contribution in [0.15, 0.2) is 24.5 Å². The molecule has 2 aromatic rings. The second-order valence-electron chi connectivity index (χ2n) is 8.53. The highest BCUT2D eigenvalue weighted by molar-refractivity contribution is 6.30. The second-order valence-corrected chi connectivity index (χ2v) is 8.96. The number of ether oxygens (including phenoxy) is 1. The number of benzene rings is 1.